The second kappa shape index (κ2) is 8.99. The highest BCUT2D eigenvalue weighted by molar-refractivity contribution is 14.1. The number of halogens is 2. The first-order valence-electron chi connectivity index (χ1n) is 4.67. The van der Waals surface area contributed by atoms with E-state index < -0.39 is 6.16 Å². The van der Waals surface area contributed by atoms with Crippen molar-refractivity contribution in [2.24, 2.45) is 0 Å². The molecule has 0 amide bonds. The molecule has 0 aromatic heterocycles. The fourth-order valence-corrected chi connectivity index (χ4v) is 2.35. The number of carbonyl (C=O) groups is 1. The van der Waals surface area contributed by atoms with E-state index in [0.717, 1.165) is 21.7 Å². The van der Waals surface area contributed by atoms with Crippen molar-refractivity contribution in [2.45, 2.75) is 38.9 Å². The van der Waals surface area contributed by atoms with Crippen LogP contribution in [0.25, 0.3) is 0 Å². The van der Waals surface area contributed by atoms with Crippen molar-refractivity contribution in [1.29, 1.82) is 0 Å². The van der Waals surface area contributed by atoms with Gasteiger partial charge in [0.1, 0.15) is 12.2 Å². The second-order valence-corrected chi connectivity index (χ2v) is 4.62. The van der Waals surface area contributed by atoms with Crippen molar-refractivity contribution >= 4 is 51.3 Å². The van der Waals surface area contributed by atoms with Gasteiger partial charge in [-0.05, 0) is 12.8 Å². The molecule has 0 aromatic rings. The van der Waals surface area contributed by atoms with Gasteiger partial charge in [0.05, 0.1) is 0 Å². The molecule has 2 atom stereocenters. The van der Waals surface area contributed by atoms with E-state index in [1.54, 1.807) is 0 Å². The average molecular weight is 426 g/mol. The standard InChI is InChI=1S/C9H16I2O3/c1-3-7(5-10)13-9(12)14-8(4-2)6-11/h7-8H,3-6H2,1-2H3. The maximum atomic E-state index is 11.2. The lowest BCUT2D eigenvalue weighted by molar-refractivity contribution is 0.00970. The van der Waals surface area contributed by atoms with Gasteiger partial charge in [-0.1, -0.05) is 59.0 Å². The maximum Gasteiger partial charge on any atom is 0.508 e. The Hall–Kier alpha value is 0.730. The molecule has 0 heterocycles. The zero-order valence-electron chi connectivity index (χ0n) is 8.46. The fourth-order valence-electron chi connectivity index (χ4n) is 0.748. The molecule has 0 aliphatic carbocycles. The van der Waals surface area contributed by atoms with Crippen LogP contribution in [0.2, 0.25) is 0 Å². The van der Waals surface area contributed by atoms with Crippen LogP contribution in [0.15, 0.2) is 0 Å². The highest BCUT2D eigenvalue weighted by atomic mass is 127. The average Bonchev–Trinajstić information content (AvgIpc) is 2.22. The summed E-state index contributed by atoms with van der Waals surface area (Å²) in [6, 6.07) is 0. The molecule has 0 aromatic carbocycles. The molecule has 0 N–H and O–H groups in total. The van der Waals surface area contributed by atoms with Crippen LogP contribution in [-0.2, 0) is 9.47 Å². The molecule has 0 radical (unpaired) electrons. The van der Waals surface area contributed by atoms with Gasteiger partial charge in [0.25, 0.3) is 0 Å². The van der Waals surface area contributed by atoms with Crippen molar-refractivity contribution in [3.63, 3.8) is 0 Å². The predicted molar refractivity (Wildman–Crippen MR) is 73.5 cm³/mol. The predicted octanol–water partition coefficient (Wildman–Crippen LogP) is 3.57. The third-order valence-corrected chi connectivity index (χ3v) is 3.75. The van der Waals surface area contributed by atoms with Gasteiger partial charge in [-0.3, -0.25) is 0 Å². The highest BCUT2D eigenvalue weighted by Gasteiger charge is 2.16. The summed E-state index contributed by atoms with van der Waals surface area (Å²) < 4.78 is 11.8. The molecule has 84 valence electrons. The highest BCUT2D eigenvalue weighted by Crippen LogP contribution is 2.08. The molecule has 0 saturated carbocycles. The minimum Gasteiger partial charge on any atom is -0.430 e. The largest absolute Gasteiger partial charge is 0.508 e. The summed E-state index contributed by atoms with van der Waals surface area (Å²) in [4.78, 5) is 11.2. The van der Waals surface area contributed by atoms with Crippen LogP contribution >= 0.6 is 45.2 Å². The summed E-state index contributed by atoms with van der Waals surface area (Å²) in [6.07, 6.45) is 1.10. The summed E-state index contributed by atoms with van der Waals surface area (Å²) in [7, 11) is 0. The third kappa shape index (κ3) is 6.26. The Kier molecular flexibility index (Phi) is 9.46. The Balaban J connectivity index is 3.83. The Morgan fingerprint density at radius 2 is 1.43 bits per heavy atom. The molecule has 0 bridgehead atoms. The van der Waals surface area contributed by atoms with E-state index >= 15 is 0 Å². The number of alkyl halides is 2. The summed E-state index contributed by atoms with van der Waals surface area (Å²) in [6.45, 7) is 3.98. The number of carbonyl (C=O) groups excluding carboxylic acids is 1. The monoisotopic (exact) mass is 426 g/mol. The van der Waals surface area contributed by atoms with Crippen LogP contribution in [0.3, 0.4) is 0 Å². The van der Waals surface area contributed by atoms with E-state index in [-0.39, 0.29) is 12.2 Å². The van der Waals surface area contributed by atoms with Crippen LogP contribution in [0.5, 0.6) is 0 Å². The van der Waals surface area contributed by atoms with Gasteiger partial charge in [-0.2, -0.15) is 0 Å². The molecule has 0 aliphatic heterocycles. The van der Waals surface area contributed by atoms with E-state index in [4.69, 9.17) is 9.47 Å². The molecule has 0 fully saturated rings. The van der Waals surface area contributed by atoms with Crippen molar-refractivity contribution in [1.82, 2.24) is 0 Å². The minimum absolute atomic E-state index is 0.0187. The summed E-state index contributed by atoms with van der Waals surface area (Å²) in [5.74, 6) is 0. The van der Waals surface area contributed by atoms with Crippen LogP contribution in [0.1, 0.15) is 26.7 Å². The van der Waals surface area contributed by atoms with Crippen molar-refractivity contribution in [2.75, 3.05) is 8.86 Å². The van der Waals surface area contributed by atoms with Crippen LogP contribution in [-0.4, -0.2) is 27.2 Å². The third-order valence-electron chi connectivity index (χ3n) is 1.78. The lowest BCUT2D eigenvalue weighted by Gasteiger charge is -2.16. The topological polar surface area (TPSA) is 35.5 Å². The molecule has 0 rings (SSSR count). The van der Waals surface area contributed by atoms with E-state index in [9.17, 15) is 4.79 Å². The van der Waals surface area contributed by atoms with E-state index in [1.807, 2.05) is 13.8 Å². The lowest BCUT2D eigenvalue weighted by Crippen LogP contribution is -2.24. The fraction of sp³-hybridized carbons (Fsp3) is 0.889. The molecule has 3 nitrogen and oxygen atoms in total. The van der Waals surface area contributed by atoms with E-state index in [1.165, 1.54) is 0 Å². The number of ether oxygens (including phenoxy) is 2. The summed E-state index contributed by atoms with van der Waals surface area (Å²) in [5.41, 5.74) is 0. The first-order valence-corrected chi connectivity index (χ1v) is 7.72. The molecule has 0 spiro atoms. The number of hydrogen-bond acceptors (Lipinski definition) is 3. The number of hydrogen-bond donors (Lipinski definition) is 0. The van der Waals surface area contributed by atoms with Gasteiger partial charge < -0.3 is 9.47 Å². The molecule has 5 heteroatoms. The molecule has 0 saturated heterocycles. The first kappa shape index (κ1) is 14.7. The summed E-state index contributed by atoms with van der Waals surface area (Å²) >= 11 is 4.40. The molecule has 0 aliphatic rings. The molecule has 14 heavy (non-hydrogen) atoms. The van der Waals surface area contributed by atoms with E-state index in [2.05, 4.69) is 45.2 Å². The van der Waals surface area contributed by atoms with Crippen LogP contribution < -0.4 is 0 Å². The summed E-state index contributed by atoms with van der Waals surface area (Å²) in [5, 5.41) is 0. The zero-order chi connectivity index (χ0) is 11.0. The van der Waals surface area contributed by atoms with Crippen molar-refractivity contribution in [3.8, 4) is 0 Å². The first-order chi connectivity index (χ1) is 6.67. The van der Waals surface area contributed by atoms with Gasteiger partial charge in [0.15, 0.2) is 0 Å². The van der Waals surface area contributed by atoms with Gasteiger partial charge in [0.2, 0.25) is 0 Å². The van der Waals surface area contributed by atoms with Crippen LogP contribution in [0, 0.1) is 0 Å². The Morgan fingerprint density at radius 1 is 1.07 bits per heavy atom. The Morgan fingerprint density at radius 3 is 1.64 bits per heavy atom. The molecular weight excluding hydrogens is 410 g/mol. The molecule has 2 unspecified atom stereocenters. The Labute approximate surface area is 113 Å². The maximum absolute atomic E-state index is 11.2. The van der Waals surface area contributed by atoms with Gasteiger partial charge in [-0.15, -0.1) is 0 Å². The van der Waals surface area contributed by atoms with Gasteiger partial charge in [-0.25, -0.2) is 4.79 Å². The molecular formula is C9H16I2O3. The van der Waals surface area contributed by atoms with Gasteiger partial charge >= 0.3 is 6.16 Å². The lowest BCUT2D eigenvalue weighted by atomic mass is 10.3. The van der Waals surface area contributed by atoms with Crippen LogP contribution in [0.4, 0.5) is 4.79 Å². The minimum atomic E-state index is -0.531. The number of rotatable bonds is 6. The quantitative estimate of drug-likeness (QED) is 0.371. The normalized spacial score (nSPS) is 14.6. The SMILES string of the molecule is CCC(CI)OC(=O)OC(CC)CI. The van der Waals surface area contributed by atoms with E-state index in [0.29, 0.717) is 0 Å². The van der Waals surface area contributed by atoms with Gasteiger partial charge in [0, 0.05) is 8.86 Å². The zero-order valence-corrected chi connectivity index (χ0v) is 12.8. The Bertz CT molecular complexity index is 140. The van der Waals surface area contributed by atoms with Crippen molar-refractivity contribution in [3.05, 3.63) is 0 Å². The smallest absolute Gasteiger partial charge is 0.430 e. The second-order valence-electron chi connectivity index (χ2n) is 2.85. The van der Waals surface area contributed by atoms with Crippen molar-refractivity contribution < 1.29 is 14.3 Å².